The van der Waals surface area contributed by atoms with Crippen molar-refractivity contribution >= 4 is 38.2 Å². The predicted octanol–water partition coefficient (Wildman–Crippen LogP) is 2.74. The minimum atomic E-state index is -3.54. The fraction of sp³-hybridized carbons (Fsp3) is 0.353. The molecule has 0 saturated carbocycles. The van der Waals surface area contributed by atoms with Crippen LogP contribution in [0.25, 0.3) is 0 Å². The van der Waals surface area contributed by atoms with Crippen molar-refractivity contribution in [2.75, 3.05) is 17.7 Å². The summed E-state index contributed by atoms with van der Waals surface area (Å²) in [6.07, 6.45) is -0.205. The second kappa shape index (κ2) is 8.41. The molecular formula is C17H20N2O5S2. The quantitative estimate of drug-likeness (QED) is 0.722. The Morgan fingerprint density at radius 2 is 1.85 bits per heavy atom. The summed E-state index contributed by atoms with van der Waals surface area (Å²) in [4.78, 5) is 28.4. The van der Waals surface area contributed by atoms with Crippen LogP contribution in [-0.2, 0) is 19.4 Å². The number of hydrogen-bond acceptors (Lipinski definition) is 7. The Kier molecular flexibility index (Phi) is 6.49. The highest BCUT2D eigenvalue weighted by Crippen LogP contribution is 2.23. The summed E-state index contributed by atoms with van der Waals surface area (Å²) in [6, 6.07) is 6.47. The Morgan fingerprint density at radius 3 is 2.46 bits per heavy atom. The number of nitrogens with one attached hydrogen (secondary N) is 1. The van der Waals surface area contributed by atoms with E-state index < -0.39 is 21.7 Å². The smallest absolute Gasteiger partial charge is 0.350 e. The lowest BCUT2D eigenvalue weighted by atomic mass is 10.2. The van der Waals surface area contributed by atoms with E-state index in [2.05, 4.69) is 10.3 Å². The minimum Gasteiger partial charge on any atom is -0.462 e. The molecule has 0 spiro atoms. The number of aromatic nitrogens is 1. The molecule has 0 aliphatic carbocycles. The van der Waals surface area contributed by atoms with Crippen LogP contribution in [0.1, 0.15) is 34.3 Å². The predicted molar refractivity (Wildman–Crippen MR) is 99.3 cm³/mol. The molecule has 0 fully saturated rings. The molecule has 1 heterocycles. The first-order valence-electron chi connectivity index (χ1n) is 7.96. The number of nitrogens with zero attached hydrogens (tertiary/aromatic N) is 1. The number of sulfone groups is 1. The van der Waals surface area contributed by atoms with Gasteiger partial charge in [0.2, 0.25) is 5.91 Å². The number of carbonyl (C=O) groups excluding carboxylic acids is 2. The summed E-state index contributed by atoms with van der Waals surface area (Å²) in [7, 11) is -3.54. The number of esters is 1. The van der Waals surface area contributed by atoms with Crippen molar-refractivity contribution in [3.63, 3.8) is 0 Å². The Hall–Kier alpha value is -2.26. The first kappa shape index (κ1) is 20.1. The fourth-order valence-electron chi connectivity index (χ4n) is 2.11. The lowest BCUT2D eigenvalue weighted by Crippen LogP contribution is -2.17. The standard InChI is InChI=1S/C17H20N2O5S2/c1-4-24-16(21)15-12(3)18-17(25-15)19-14(20)9-10-26(22,23)13-7-5-11(2)6-8-13/h5-8H,4,9-10H2,1-3H3,(H,18,19,20). The molecule has 0 aliphatic rings. The number of thiazole rings is 1. The zero-order chi connectivity index (χ0) is 19.3. The normalized spacial score (nSPS) is 11.2. The van der Waals surface area contributed by atoms with Crippen LogP contribution >= 0.6 is 11.3 Å². The van der Waals surface area contributed by atoms with Crippen LogP contribution in [0.2, 0.25) is 0 Å². The van der Waals surface area contributed by atoms with E-state index in [1.54, 1.807) is 26.0 Å². The van der Waals surface area contributed by atoms with Crippen molar-refractivity contribution in [2.45, 2.75) is 32.1 Å². The molecule has 140 valence electrons. The maximum atomic E-state index is 12.3. The largest absolute Gasteiger partial charge is 0.462 e. The van der Waals surface area contributed by atoms with Gasteiger partial charge in [-0.3, -0.25) is 4.79 Å². The van der Waals surface area contributed by atoms with Gasteiger partial charge in [0.15, 0.2) is 15.0 Å². The zero-order valence-electron chi connectivity index (χ0n) is 14.7. The van der Waals surface area contributed by atoms with Gasteiger partial charge in [0.25, 0.3) is 0 Å². The Balaban J connectivity index is 1.98. The lowest BCUT2D eigenvalue weighted by molar-refractivity contribution is -0.115. The Labute approximate surface area is 156 Å². The molecule has 1 aromatic carbocycles. The van der Waals surface area contributed by atoms with E-state index in [0.29, 0.717) is 10.6 Å². The summed E-state index contributed by atoms with van der Waals surface area (Å²) in [5.74, 6) is -1.29. The molecule has 0 radical (unpaired) electrons. The van der Waals surface area contributed by atoms with Crippen molar-refractivity contribution in [1.29, 1.82) is 0 Å². The Bertz CT molecular complexity index is 902. The van der Waals surface area contributed by atoms with Crippen molar-refractivity contribution in [1.82, 2.24) is 4.98 Å². The monoisotopic (exact) mass is 396 g/mol. The second-order valence-electron chi connectivity index (χ2n) is 5.58. The fourth-order valence-corrected chi connectivity index (χ4v) is 4.23. The Morgan fingerprint density at radius 1 is 1.19 bits per heavy atom. The number of carbonyl (C=O) groups is 2. The molecule has 0 atom stereocenters. The summed E-state index contributed by atoms with van der Waals surface area (Å²) < 4.78 is 29.4. The van der Waals surface area contributed by atoms with Gasteiger partial charge in [-0.1, -0.05) is 29.0 Å². The number of amides is 1. The van der Waals surface area contributed by atoms with Gasteiger partial charge in [-0.05, 0) is 32.9 Å². The number of ether oxygens (including phenoxy) is 1. The van der Waals surface area contributed by atoms with Crippen molar-refractivity contribution in [3.05, 3.63) is 40.4 Å². The van der Waals surface area contributed by atoms with Gasteiger partial charge in [-0.15, -0.1) is 0 Å². The van der Waals surface area contributed by atoms with Gasteiger partial charge in [0, 0.05) is 6.42 Å². The zero-order valence-corrected chi connectivity index (χ0v) is 16.4. The summed E-state index contributed by atoms with van der Waals surface area (Å²) in [5.41, 5.74) is 1.41. The third-order valence-corrected chi connectivity index (χ3v) is 6.27. The topological polar surface area (TPSA) is 102 Å². The third kappa shape index (κ3) is 5.12. The molecule has 0 bridgehead atoms. The third-order valence-electron chi connectivity index (χ3n) is 3.48. The highest BCUT2D eigenvalue weighted by molar-refractivity contribution is 7.91. The number of aryl methyl sites for hydroxylation is 2. The van der Waals surface area contributed by atoms with Gasteiger partial charge in [-0.25, -0.2) is 18.2 Å². The van der Waals surface area contributed by atoms with Crippen LogP contribution in [0.3, 0.4) is 0 Å². The van der Waals surface area contributed by atoms with Crippen LogP contribution in [0.5, 0.6) is 0 Å². The first-order chi connectivity index (χ1) is 12.2. The van der Waals surface area contributed by atoms with E-state index in [4.69, 9.17) is 4.74 Å². The van der Waals surface area contributed by atoms with Crippen LogP contribution in [0.4, 0.5) is 5.13 Å². The van der Waals surface area contributed by atoms with E-state index >= 15 is 0 Å². The highest BCUT2D eigenvalue weighted by atomic mass is 32.2. The number of rotatable bonds is 7. The minimum absolute atomic E-state index is 0.186. The first-order valence-corrected chi connectivity index (χ1v) is 10.4. The van der Waals surface area contributed by atoms with E-state index in [9.17, 15) is 18.0 Å². The molecule has 1 N–H and O–H groups in total. The van der Waals surface area contributed by atoms with E-state index in [1.165, 1.54) is 12.1 Å². The molecule has 0 unspecified atom stereocenters. The van der Waals surface area contributed by atoms with E-state index in [0.717, 1.165) is 16.9 Å². The molecular weight excluding hydrogens is 376 g/mol. The van der Waals surface area contributed by atoms with Gasteiger partial charge < -0.3 is 10.1 Å². The van der Waals surface area contributed by atoms with Crippen LogP contribution in [0.15, 0.2) is 29.2 Å². The molecule has 26 heavy (non-hydrogen) atoms. The van der Waals surface area contributed by atoms with E-state index in [-0.39, 0.29) is 28.8 Å². The SMILES string of the molecule is CCOC(=O)c1sc(NC(=O)CCS(=O)(=O)c2ccc(C)cc2)nc1C. The van der Waals surface area contributed by atoms with Gasteiger partial charge in [0.05, 0.1) is 22.9 Å². The van der Waals surface area contributed by atoms with Gasteiger partial charge >= 0.3 is 5.97 Å². The van der Waals surface area contributed by atoms with Crippen molar-refractivity contribution < 1.29 is 22.7 Å². The molecule has 2 aromatic rings. The molecule has 2 rings (SSSR count). The van der Waals surface area contributed by atoms with Crippen molar-refractivity contribution in [2.24, 2.45) is 0 Å². The lowest BCUT2D eigenvalue weighted by Gasteiger charge is -2.05. The average Bonchev–Trinajstić information content (AvgIpc) is 2.94. The molecule has 1 amide bonds. The van der Waals surface area contributed by atoms with Gasteiger partial charge in [0.1, 0.15) is 4.88 Å². The van der Waals surface area contributed by atoms with Crippen molar-refractivity contribution in [3.8, 4) is 0 Å². The maximum absolute atomic E-state index is 12.3. The molecule has 1 aromatic heterocycles. The summed E-state index contributed by atoms with van der Waals surface area (Å²) in [6.45, 7) is 5.45. The van der Waals surface area contributed by atoms with Crippen LogP contribution in [0, 0.1) is 13.8 Å². The highest BCUT2D eigenvalue weighted by Gasteiger charge is 2.19. The molecule has 7 nitrogen and oxygen atoms in total. The molecule has 0 saturated heterocycles. The average molecular weight is 396 g/mol. The molecule has 9 heteroatoms. The summed E-state index contributed by atoms with van der Waals surface area (Å²) in [5, 5.41) is 2.77. The van der Waals surface area contributed by atoms with E-state index in [1.807, 2.05) is 6.92 Å². The van der Waals surface area contributed by atoms with Crippen LogP contribution in [-0.4, -0.2) is 37.6 Å². The van der Waals surface area contributed by atoms with Gasteiger partial charge in [-0.2, -0.15) is 0 Å². The maximum Gasteiger partial charge on any atom is 0.350 e. The molecule has 0 aliphatic heterocycles. The summed E-state index contributed by atoms with van der Waals surface area (Å²) >= 11 is 1.00. The number of hydrogen-bond donors (Lipinski definition) is 1. The number of anilines is 1. The second-order valence-corrected chi connectivity index (χ2v) is 8.69. The van der Waals surface area contributed by atoms with Crippen LogP contribution < -0.4 is 5.32 Å². The number of benzene rings is 1.